The van der Waals surface area contributed by atoms with Crippen LogP contribution in [0, 0.1) is 0 Å². The summed E-state index contributed by atoms with van der Waals surface area (Å²) in [6.07, 6.45) is 1.05. The van der Waals surface area contributed by atoms with Crippen LogP contribution in [-0.4, -0.2) is 18.6 Å². The van der Waals surface area contributed by atoms with Crippen LogP contribution in [0.25, 0.3) is 0 Å². The maximum Gasteiger partial charge on any atom is 0.0190 e. The van der Waals surface area contributed by atoms with Gasteiger partial charge in [0.15, 0.2) is 0 Å². The summed E-state index contributed by atoms with van der Waals surface area (Å²) in [6, 6.07) is 0.768. The van der Waals surface area contributed by atoms with Crippen LogP contribution in [0.4, 0.5) is 0 Å². The van der Waals surface area contributed by atoms with E-state index in [0.717, 1.165) is 13.0 Å². The topological polar surface area (TPSA) is 38.0 Å². The zero-order valence-electron chi connectivity index (χ0n) is 6.65. The minimum Gasteiger partial charge on any atom is -0.326 e. The number of nitrogens with two attached hydrogens (primary N) is 1. The van der Waals surface area contributed by atoms with Gasteiger partial charge in [0, 0.05) is 12.1 Å². The molecule has 2 atom stereocenters. The molecule has 0 aliphatic carbocycles. The van der Waals surface area contributed by atoms with E-state index in [2.05, 4.69) is 26.1 Å². The first-order valence-corrected chi connectivity index (χ1v) is 3.71. The molecule has 0 bridgehead atoms. The Kier molecular flexibility index (Phi) is 4.72. The summed E-state index contributed by atoms with van der Waals surface area (Å²) in [5.41, 5.74) is 5.74. The number of rotatable bonds is 4. The monoisotopic (exact) mass is 130 g/mol. The van der Waals surface area contributed by atoms with E-state index in [-0.39, 0.29) is 0 Å². The summed E-state index contributed by atoms with van der Waals surface area (Å²) in [7, 11) is 0. The van der Waals surface area contributed by atoms with E-state index in [1.807, 2.05) is 0 Å². The number of hydrogen-bond donors (Lipinski definition) is 2. The molecule has 0 spiro atoms. The normalized spacial score (nSPS) is 17.3. The van der Waals surface area contributed by atoms with Gasteiger partial charge in [-0.3, -0.25) is 0 Å². The van der Waals surface area contributed by atoms with Crippen LogP contribution in [0.3, 0.4) is 0 Å². The maximum atomic E-state index is 5.74. The van der Waals surface area contributed by atoms with Crippen LogP contribution in [0.1, 0.15) is 27.2 Å². The molecule has 0 aromatic heterocycles. The van der Waals surface area contributed by atoms with Crippen molar-refractivity contribution >= 4 is 0 Å². The molecular formula is C7H18N2. The highest BCUT2D eigenvalue weighted by atomic mass is 14.9. The second kappa shape index (κ2) is 4.77. The first-order chi connectivity index (χ1) is 4.22. The van der Waals surface area contributed by atoms with Gasteiger partial charge < -0.3 is 11.1 Å². The fourth-order valence-corrected chi connectivity index (χ4v) is 0.827. The minimum absolute atomic E-state index is 0.310. The molecule has 0 aromatic carbocycles. The smallest absolute Gasteiger partial charge is 0.0190 e. The van der Waals surface area contributed by atoms with E-state index < -0.39 is 0 Å². The Balaban J connectivity index is 3.32. The van der Waals surface area contributed by atoms with Crippen molar-refractivity contribution in [3.8, 4) is 0 Å². The van der Waals surface area contributed by atoms with E-state index in [1.165, 1.54) is 0 Å². The largest absolute Gasteiger partial charge is 0.326 e. The average Bonchev–Trinajstić information content (AvgIpc) is 1.87. The lowest BCUT2D eigenvalue weighted by atomic mass is 10.1. The van der Waals surface area contributed by atoms with E-state index in [4.69, 9.17) is 5.73 Å². The SMILES string of the molecule is CCNC(C)C(N)CC. The molecule has 0 aromatic rings. The zero-order valence-corrected chi connectivity index (χ0v) is 6.65. The molecule has 2 unspecified atom stereocenters. The fraction of sp³-hybridized carbons (Fsp3) is 1.00. The summed E-state index contributed by atoms with van der Waals surface area (Å²) < 4.78 is 0. The van der Waals surface area contributed by atoms with Crippen LogP contribution < -0.4 is 11.1 Å². The number of nitrogens with one attached hydrogen (secondary N) is 1. The fourth-order valence-electron chi connectivity index (χ4n) is 0.827. The van der Waals surface area contributed by atoms with E-state index in [0.29, 0.717) is 12.1 Å². The zero-order chi connectivity index (χ0) is 7.28. The molecule has 9 heavy (non-hydrogen) atoms. The van der Waals surface area contributed by atoms with Gasteiger partial charge in [0.2, 0.25) is 0 Å². The molecule has 0 saturated heterocycles. The summed E-state index contributed by atoms with van der Waals surface area (Å²) in [6.45, 7) is 7.34. The summed E-state index contributed by atoms with van der Waals surface area (Å²) in [5, 5.41) is 3.27. The second-order valence-electron chi connectivity index (χ2n) is 2.42. The summed E-state index contributed by atoms with van der Waals surface area (Å²) in [4.78, 5) is 0. The number of likely N-dealkylation sites (N-methyl/N-ethyl adjacent to an activating group) is 1. The van der Waals surface area contributed by atoms with Crippen molar-refractivity contribution < 1.29 is 0 Å². The molecule has 0 fully saturated rings. The molecule has 56 valence electrons. The highest BCUT2D eigenvalue weighted by molar-refractivity contribution is 4.72. The Bertz CT molecular complexity index is 63.9. The molecule has 2 nitrogen and oxygen atoms in total. The molecular weight excluding hydrogens is 112 g/mol. The highest BCUT2D eigenvalue weighted by Crippen LogP contribution is 1.92. The second-order valence-corrected chi connectivity index (χ2v) is 2.42. The Labute approximate surface area is 57.8 Å². The van der Waals surface area contributed by atoms with Crippen molar-refractivity contribution in [2.75, 3.05) is 6.54 Å². The Hall–Kier alpha value is -0.0800. The Morgan fingerprint density at radius 1 is 1.44 bits per heavy atom. The molecule has 3 N–H and O–H groups in total. The molecule has 2 heteroatoms. The van der Waals surface area contributed by atoms with Crippen molar-refractivity contribution in [2.45, 2.75) is 39.3 Å². The summed E-state index contributed by atoms with van der Waals surface area (Å²) >= 11 is 0. The molecule has 0 rings (SSSR count). The Morgan fingerprint density at radius 3 is 2.33 bits per heavy atom. The van der Waals surface area contributed by atoms with Crippen LogP contribution in [0.5, 0.6) is 0 Å². The van der Waals surface area contributed by atoms with Crippen LogP contribution in [0.15, 0.2) is 0 Å². The molecule has 0 aliphatic heterocycles. The lowest BCUT2D eigenvalue weighted by Gasteiger charge is -2.18. The third-order valence-electron chi connectivity index (χ3n) is 1.64. The lowest BCUT2D eigenvalue weighted by Crippen LogP contribution is -2.42. The average molecular weight is 130 g/mol. The third-order valence-corrected chi connectivity index (χ3v) is 1.64. The Morgan fingerprint density at radius 2 is 2.00 bits per heavy atom. The van der Waals surface area contributed by atoms with Crippen molar-refractivity contribution in [3.63, 3.8) is 0 Å². The standard InChI is InChI=1S/C7H18N2/c1-4-7(8)6(3)9-5-2/h6-7,9H,4-5,8H2,1-3H3. The van der Waals surface area contributed by atoms with Gasteiger partial charge in [0.25, 0.3) is 0 Å². The lowest BCUT2D eigenvalue weighted by molar-refractivity contribution is 0.457. The predicted octanol–water partition coefficient (Wildman–Crippen LogP) is 0.722. The molecule has 0 radical (unpaired) electrons. The van der Waals surface area contributed by atoms with Gasteiger partial charge >= 0.3 is 0 Å². The van der Waals surface area contributed by atoms with Gasteiger partial charge in [-0.2, -0.15) is 0 Å². The van der Waals surface area contributed by atoms with E-state index in [9.17, 15) is 0 Å². The van der Waals surface area contributed by atoms with Crippen molar-refractivity contribution in [3.05, 3.63) is 0 Å². The highest BCUT2D eigenvalue weighted by Gasteiger charge is 2.06. The molecule has 0 aliphatic rings. The first kappa shape index (κ1) is 8.92. The van der Waals surface area contributed by atoms with Gasteiger partial charge in [0.1, 0.15) is 0 Å². The molecule has 0 amide bonds. The third kappa shape index (κ3) is 3.49. The van der Waals surface area contributed by atoms with Gasteiger partial charge in [-0.1, -0.05) is 13.8 Å². The van der Waals surface area contributed by atoms with Crippen molar-refractivity contribution in [1.82, 2.24) is 5.32 Å². The maximum absolute atomic E-state index is 5.74. The minimum atomic E-state index is 0.310. The van der Waals surface area contributed by atoms with Crippen LogP contribution in [0.2, 0.25) is 0 Å². The van der Waals surface area contributed by atoms with E-state index in [1.54, 1.807) is 0 Å². The number of hydrogen-bond acceptors (Lipinski definition) is 2. The van der Waals surface area contributed by atoms with Gasteiger partial charge in [0.05, 0.1) is 0 Å². The summed E-state index contributed by atoms with van der Waals surface area (Å²) in [5.74, 6) is 0. The van der Waals surface area contributed by atoms with Crippen LogP contribution >= 0.6 is 0 Å². The van der Waals surface area contributed by atoms with Crippen molar-refractivity contribution in [1.29, 1.82) is 0 Å². The molecule has 0 saturated carbocycles. The van der Waals surface area contributed by atoms with E-state index >= 15 is 0 Å². The van der Waals surface area contributed by atoms with Crippen LogP contribution in [-0.2, 0) is 0 Å². The van der Waals surface area contributed by atoms with Gasteiger partial charge in [-0.05, 0) is 19.9 Å². The first-order valence-electron chi connectivity index (χ1n) is 3.71. The predicted molar refractivity (Wildman–Crippen MR) is 41.4 cm³/mol. The molecule has 0 heterocycles. The van der Waals surface area contributed by atoms with Gasteiger partial charge in [-0.25, -0.2) is 0 Å². The van der Waals surface area contributed by atoms with Crippen molar-refractivity contribution in [2.24, 2.45) is 5.73 Å². The quantitative estimate of drug-likeness (QED) is 0.588. The van der Waals surface area contributed by atoms with Gasteiger partial charge in [-0.15, -0.1) is 0 Å².